The molecule has 0 radical (unpaired) electrons. The molecular weight excluding hydrogens is 264 g/mol. The van der Waals surface area contributed by atoms with Gasteiger partial charge >= 0.3 is 0 Å². The van der Waals surface area contributed by atoms with E-state index in [1.807, 2.05) is 0 Å². The Kier molecular flexibility index (Phi) is 3.74. The summed E-state index contributed by atoms with van der Waals surface area (Å²) in [6.45, 7) is 4.87. The summed E-state index contributed by atoms with van der Waals surface area (Å²) in [4.78, 5) is 2.67. The molecule has 3 aliphatic rings. The summed E-state index contributed by atoms with van der Waals surface area (Å²) in [6.07, 6.45) is 5.50. The summed E-state index contributed by atoms with van der Waals surface area (Å²) in [5.74, 6) is 2.61. The summed E-state index contributed by atoms with van der Waals surface area (Å²) < 4.78 is 11.0. The highest BCUT2D eigenvalue weighted by Crippen LogP contribution is 2.42. The smallest absolute Gasteiger partial charge is 0.231 e. The molecule has 1 N–H and O–H groups in total. The van der Waals surface area contributed by atoms with E-state index in [1.165, 1.54) is 31.2 Å². The Hall–Kier alpha value is -1.26. The van der Waals surface area contributed by atoms with Gasteiger partial charge in [-0.05, 0) is 36.5 Å². The molecule has 2 fully saturated rings. The summed E-state index contributed by atoms with van der Waals surface area (Å²) in [5.41, 5.74) is 1.41. The minimum absolute atomic E-state index is 0.362. The van der Waals surface area contributed by atoms with Gasteiger partial charge in [0.05, 0.1) is 0 Å². The van der Waals surface area contributed by atoms with E-state index in [-0.39, 0.29) is 0 Å². The molecule has 1 saturated heterocycles. The van der Waals surface area contributed by atoms with Crippen LogP contribution in [0.1, 0.15) is 37.3 Å². The van der Waals surface area contributed by atoms with Crippen molar-refractivity contribution in [2.24, 2.45) is 5.92 Å². The molecule has 1 aromatic carbocycles. The standard InChI is InChI=1S/C17H24N2O2/c1-2-4-13(3-1)17(19-9-7-18-8-10-19)14-5-6-15-16(11-14)21-12-20-15/h5-6,11,13,17-18H,1-4,7-10,12H2/t17-/m1/s1. The van der Waals surface area contributed by atoms with Crippen molar-refractivity contribution in [3.05, 3.63) is 23.8 Å². The number of benzene rings is 1. The van der Waals surface area contributed by atoms with Gasteiger partial charge in [-0.1, -0.05) is 18.9 Å². The molecule has 4 rings (SSSR count). The van der Waals surface area contributed by atoms with Crippen LogP contribution in [-0.4, -0.2) is 37.9 Å². The van der Waals surface area contributed by atoms with E-state index in [4.69, 9.17) is 9.47 Å². The number of piperazine rings is 1. The molecule has 4 heteroatoms. The van der Waals surface area contributed by atoms with E-state index < -0.39 is 0 Å². The molecule has 0 unspecified atom stereocenters. The molecule has 0 spiro atoms. The molecule has 114 valence electrons. The Morgan fingerprint density at radius 1 is 1.05 bits per heavy atom. The van der Waals surface area contributed by atoms with Gasteiger partial charge in [-0.2, -0.15) is 0 Å². The maximum absolute atomic E-state index is 5.59. The van der Waals surface area contributed by atoms with Gasteiger partial charge in [0.1, 0.15) is 0 Å². The van der Waals surface area contributed by atoms with Crippen LogP contribution in [0.2, 0.25) is 0 Å². The third kappa shape index (κ3) is 2.62. The zero-order chi connectivity index (χ0) is 14.1. The molecule has 1 aromatic rings. The number of ether oxygens (including phenoxy) is 2. The van der Waals surface area contributed by atoms with Gasteiger partial charge in [0, 0.05) is 32.2 Å². The van der Waals surface area contributed by atoms with Gasteiger partial charge in [-0.15, -0.1) is 0 Å². The predicted octanol–water partition coefficient (Wildman–Crippen LogP) is 2.55. The lowest BCUT2D eigenvalue weighted by atomic mass is 9.89. The van der Waals surface area contributed by atoms with Crippen LogP contribution in [0.5, 0.6) is 11.5 Å². The van der Waals surface area contributed by atoms with Crippen molar-refractivity contribution in [2.45, 2.75) is 31.7 Å². The topological polar surface area (TPSA) is 33.7 Å². The SMILES string of the molecule is c1cc2c(cc1[C@@H](C1CCCC1)N1CCNCC1)OCO2. The minimum atomic E-state index is 0.362. The van der Waals surface area contributed by atoms with Crippen LogP contribution in [0.3, 0.4) is 0 Å². The summed E-state index contributed by atoms with van der Waals surface area (Å²) in [5, 5.41) is 3.47. The molecule has 0 aromatic heterocycles. The normalized spacial score (nSPS) is 24.4. The van der Waals surface area contributed by atoms with Crippen molar-refractivity contribution in [1.82, 2.24) is 10.2 Å². The van der Waals surface area contributed by atoms with Crippen LogP contribution in [0.4, 0.5) is 0 Å². The first-order valence-electron chi connectivity index (χ1n) is 8.26. The zero-order valence-electron chi connectivity index (χ0n) is 12.5. The van der Waals surface area contributed by atoms with E-state index in [0.717, 1.165) is 43.6 Å². The number of hydrogen-bond acceptors (Lipinski definition) is 4. The fourth-order valence-corrected chi connectivity index (χ4v) is 4.11. The molecule has 0 bridgehead atoms. The third-order valence-corrected chi connectivity index (χ3v) is 5.13. The molecule has 4 nitrogen and oxygen atoms in total. The lowest BCUT2D eigenvalue weighted by Gasteiger charge is -2.38. The van der Waals surface area contributed by atoms with E-state index in [9.17, 15) is 0 Å². The molecule has 1 saturated carbocycles. The second-order valence-electron chi connectivity index (χ2n) is 6.39. The number of rotatable bonds is 3. The van der Waals surface area contributed by atoms with E-state index in [1.54, 1.807) is 0 Å². The fourth-order valence-electron chi connectivity index (χ4n) is 4.11. The predicted molar refractivity (Wildman–Crippen MR) is 81.7 cm³/mol. The van der Waals surface area contributed by atoms with E-state index in [0.29, 0.717) is 12.8 Å². The number of fused-ring (bicyclic) bond motifs is 1. The van der Waals surface area contributed by atoms with Crippen LogP contribution < -0.4 is 14.8 Å². The lowest BCUT2D eigenvalue weighted by molar-refractivity contribution is 0.125. The highest BCUT2D eigenvalue weighted by molar-refractivity contribution is 5.45. The first kappa shape index (κ1) is 13.4. The Labute approximate surface area is 126 Å². The fraction of sp³-hybridized carbons (Fsp3) is 0.647. The Balaban J connectivity index is 1.64. The maximum Gasteiger partial charge on any atom is 0.231 e. The highest BCUT2D eigenvalue weighted by Gasteiger charge is 2.32. The first-order chi connectivity index (χ1) is 10.4. The van der Waals surface area contributed by atoms with Crippen LogP contribution in [0.15, 0.2) is 18.2 Å². The van der Waals surface area contributed by atoms with Gasteiger partial charge < -0.3 is 14.8 Å². The second kappa shape index (κ2) is 5.85. The van der Waals surface area contributed by atoms with Gasteiger partial charge in [0.2, 0.25) is 6.79 Å². The van der Waals surface area contributed by atoms with Gasteiger partial charge in [0.25, 0.3) is 0 Å². The van der Waals surface area contributed by atoms with Crippen molar-refractivity contribution in [3.8, 4) is 11.5 Å². The highest BCUT2D eigenvalue weighted by atomic mass is 16.7. The lowest BCUT2D eigenvalue weighted by Crippen LogP contribution is -2.46. The molecule has 1 aliphatic carbocycles. The molecule has 21 heavy (non-hydrogen) atoms. The molecular formula is C17H24N2O2. The van der Waals surface area contributed by atoms with Crippen molar-refractivity contribution < 1.29 is 9.47 Å². The van der Waals surface area contributed by atoms with Crippen LogP contribution in [0, 0.1) is 5.92 Å². The molecule has 0 amide bonds. The monoisotopic (exact) mass is 288 g/mol. The van der Waals surface area contributed by atoms with Crippen molar-refractivity contribution in [3.63, 3.8) is 0 Å². The van der Waals surface area contributed by atoms with Gasteiger partial charge in [0.15, 0.2) is 11.5 Å². The average molecular weight is 288 g/mol. The number of hydrogen-bond donors (Lipinski definition) is 1. The van der Waals surface area contributed by atoms with Crippen LogP contribution >= 0.6 is 0 Å². The second-order valence-corrected chi connectivity index (χ2v) is 6.39. The molecule has 1 atom stereocenters. The van der Waals surface area contributed by atoms with Crippen molar-refractivity contribution in [1.29, 1.82) is 0 Å². The summed E-state index contributed by atoms with van der Waals surface area (Å²) in [7, 11) is 0. The van der Waals surface area contributed by atoms with Crippen LogP contribution in [-0.2, 0) is 0 Å². The molecule has 2 heterocycles. The van der Waals surface area contributed by atoms with Gasteiger partial charge in [-0.25, -0.2) is 0 Å². The zero-order valence-corrected chi connectivity index (χ0v) is 12.5. The maximum atomic E-state index is 5.59. The Bertz CT molecular complexity index is 494. The minimum Gasteiger partial charge on any atom is -0.454 e. The third-order valence-electron chi connectivity index (χ3n) is 5.13. The van der Waals surface area contributed by atoms with E-state index >= 15 is 0 Å². The largest absolute Gasteiger partial charge is 0.454 e. The number of nitrogens with zero attached hydrogens (tertiary/aromatic N) is 1. The van der Waals surface area contributed by atoms with Crippen LogP contribution in [0.25, 0.3) is 0 Å². The molecule has 2 aliphatic heterocycles. The number of nitrogens with one attached hydrogen (secondary N) is 1. The quantitative estimate of drug-likeness (QED) is 0.927. The Morgan fingerprint density at radius 2 is 1.81 bits per heavy atom. The van der Waals surface area contributed by atoms with E-state index in [2.05, 4.69) is 28.4 Å². The summed E-state index contributed by atoms with van der Waals surface area (Å²) in [6, 6.07) is 7.09. The Morgan fingerprint density at radius 3 is 2.62 bits per heavy atom. The summed E-state index contributed by atoms with van der Waals surface area (Å²) >= 11 is 0. The average Bonchev–Trinajstić information content (AvgIpc) is 3.19. The first-order valence-corrected chi connectivity index (χ1v) is 8.26. The van der Waals surface area contributed by atoms with Gasteiger partial charge in [-0.3, -0.25) is 4.90 Å². The van der Waals surface area contributed by atoms with Crippen molar-refractivity contribution in [2.75, 3.05) is 33.0 Å². The van der Waals surface area contributed by atoms with Crippen molar-refractivity contribution >= 4 is 0 Å².